The molecule has 232 valence electrons. The maximum Gasteiger partial charge on any atom is 0.318 e. The SMILES string of the molecule is C[C@H]1CC[C@]2(Cc3nc(OCC45CCCN4C[C@H](F)C5)nc(N4CC5(CN(C)C=CO5)C4)c3CO2)c2c1ccc(N)c2C#N. The van der Waals surface area contributed by atoms with Crippen LogP contribution in [0.1, 0.15) is 72.9 Å². The minimum atomic E-state index is -0.827. The first-order valence-corrected chi connectivity index (χ1v) is 15.9. The number of fused-ring (bicyclic) bond motifs is 4. The summed E-state index contributed by atoms with van der Waals surface area (Å²) in [6.07, 6.45) is 7.55. The Morgan fingerprint density at radius 3 is 2.91 bits per heavy atom. The third-order valence-corrected chi connectivity index (χ3v) is 11.0. The van der Waals surface area contributed by atoms with Gasteiger partial charge in [0.1, 0.15) is 30.3 Å². The fourth-order valence-electron chi connectivity index (χ4n) is 8.80. The number of alkyl halides is 1. The van der Waals surface area contributed by atoms with Crippen molar-refractivity contribution in [2.45, 2.75) is 80.9 Å². The van der Waals surface area contributed by atoms with Crippen molar-refractivity contribution >= 4 is 11.5 Å². The number of nitrogens with zero attached hydrogens (tertiary/aromatic N) is 6. The molecular weight excluding hydrogens is 561 g/mol. The first-order chi connectivity index (χ1) is 21.2. The molecule has 2 spiro atoms. The van der Waals surface area contributed by atoms with Crippen molar-refractivity contribution in [3.05, 3.63) is 52.5 Å². The van der Waals surface area contributed by atoms with Crippen molar-refractivity contribution in [3.8, 4) is 12.1 Å². The van der Waals surface area contributed by atoms with Crippen LogP contribution in [-0.2, 0) is 28.1 Å². The predicted molar refractivity (Wildman–Crippen MR) is 162 cm³/mol. The van der Waals surface area contributed by atoms with Crippen molar-refractivity contribution in [1.82, 2.24) is 19.8 Å². The van der Waals surface area contributed by atoms with Crippen LogP contribution in [0.3, 0.4) is 0 Å². The summed E-state index contributed by atoms with van der Waals surface area (Å²) in [4.78, 5) is 16.6. The number of benzene rings is 1. The van der Waals surface area contributed by atoms with E-state index in [2.05, 4.69) is 40.8 Å². The van der Waals surface area contributed by atoms with E-state index in [1.165, 1.54) is 0 Å². The van der Waals surface area contributed by atoms with Gasteiger partial charge in [0.25, 0.3) is 0 Å². The Morgan fingerprint density at radius 1 is 1.23 bits per heavy atom. The average Bonchev–Trinajstić information content (AvgIpc) is 3.52. The standard InChI is InChI=1S/C33H40FN7O3/c1-21-6-8-33(28-23(21)4-5-26(36)24(28)14-35)13-27-25(16-44-33)29(40-18-32(19-40)17-39(2)10-11-43-32)38-30(37-27)42-20-31-7-3-9-41(31)15-22(34)12-31/h4-5,10-11,21-22H,3,6-9,12-13,15-20,36H2,1-2H3/t21-,22+,31?,33-/m0/s1. The average molecular weight is 602 g/mol. The summed E-state index contributed by atoms with van der Waals surface area (Å²) >= 11 is 0. The first kappa shape index (κ1) is 27.9. The molecule has 0 saturated carbocycles. The molecule has 0 radical (unpaired) electrons. The molecule has 4 atom stereocenters. The Morgan fingerprint density at radius 2 is 2.09 bits per heavy atom. The van der Waals surface area contributed by atoms with Crippen LogP contribution < -0.4 is 15.4 Å². The predicted octanol–water partition coefficient (Wildman–Crippen LogP) is 3.74. The number of nitrogens with two attached hydrogens (primary N) is 1. The number of halogens is 1. The molecule has 0 amide bonds. The van der Waals surface area contributed by atoms with E-state index in [1.54, 1.807) is 6.26 Å². The highest BCUT2D eigenvalue weighted by atomic mass is 19.1. The Kier molecular flexibility index (Phi) is 6.30. The second kappa shape index (κ2) is 9.94. The van der Waals surface area contributed by atoms with Gasteiger partial charge in [-0.3, -0.25) is 4.90 Å². The first-order valence-electron chi connectivity index (χ1n) is 15.9. The van der Waals surface area contributed by atoms with Crippen LogP contribution in [0.4, 0.5) is 15.9 Å². The number of ether oxygens (including phenoxy) is 3. The number of likely N-dealkylation sites (N-methyl/N-ethyl adjacent to an activating group) is 1. The highest BCUT2D eigenvalue weighted by Crippen LogP contribution is 2.51. The van der Waals surface area contributed by atoms with Gasteiger partial charge in [0.2, 0.25) is 0 Å². The van der Waals surface area contributed by atoms with Crippen molar-refractivity contribution < 1.29 is 18.6 Å². The molecule has 1 aromatic carbocycles. The van der Waals surface area contributed by atoms with Crippen LogP contribution in [0, 0.1) is 11.3 Å². The van der Waals surface area contributed by atoms with Crippen LogP contribution in [0.15, 0.2) is 24.6 Å². The lowest BCUT2D eigenvalue weighted by molar-refractivity contribution is -0.0878. The lowest BCUT2D eigenvalue weighted by Gasteiger charge is -2.53. The van der Waals surface area contributed by atoms with E-state index < -0.39 is 11.8 Å². The van der Waals surface area contributed by atoms with Crippen molar-refractivity contribution in [2.24, 2.45) is 0 Å². The Balaban J connectivity index is 1.16. The quantitative estimate of drug-likeness (QED) is 0.520. The highest BCUT2D eigenvalue weighted by molar-refractivity contribution is 5.64. The van der Waals surface area contributed by atoms with E-state index in [-0.39, 0.29) is 11.1 Å². The maximum atomic E-state index is 14.5. The molecule has 1 unspecified atom stereocenters. The summed E-state index contributed by atoms with van der Waals surface area (Å²) in [6, 6.07) is 6.59. The van der Waals surface area contributed by atoms with Gasteiger partial charge >= 0.3 is 6.01 Å². The lowest BCUT2D eigenvalue weighted by Crippen LogP contribution is -2.68. The van der Waals surface area contributed by atoms with Gasteiger partial charge in [0, 0.05) is 49.4 Å². The lowest BCUT2D eigenvalue weighted by atomic mass is 9.69. The summed E-state index contributed by atoms with van der Waals surface area (Å²) in [5.41, 5.74) is 9.88. The van der Waals surface area contributed by atoms with Gasteiger partial charge in [-0.15, -0.1) is 0 Å². The zero-order chi connectivity index (χ0) is 30.3. The van der Waals surface area contributed by atoms with E-state index in [0.29, 0.717) is 68.9 Å². The minimum absolute atomic E-state index is 0.292. The second-order valence-electron chi connectivity index (χ2n) is 14.0. The van der Waals surface area contributed by atoms with Gasteiger partial charge in [-0.1, -0.05) is 13.0 Å². The summed E-state index contributed by atoms with van der Waals surface area (Å²) in [6.45, 7) is 6.43. The zero-order valence-electron chi connectivity index (χ0n) is 25.5. The molecule has 1 aromatic heterocycles. The highest BCUT2D eigenvalue weighted by Gasteiger charge is 2.52. The molecule has 44 heavy (non-hydrogen) atoms. The van der Waals surface area contributed by atoms with Gasteiger partial charge < -0.3 is 29.7 Å². The van der Waals surface area contributed by atoms with Crippen molar-refractivity contribution in [3.63, 3.8) is 0 Å². The number of nitrogen functional groups attached to an aromatic ring is 1. The van der Waals surface area contributed by atoms with Gasteiger partial charge in [-0.25, -0.2) is 4.39 Å². The van der Waals surface area contributed by atoms with Gasteiger partial charge in [0.05, 0.1) is 49.3 Å². The number of rotatable bonds is 4. The van der Waals surface area contributed by atoms with Crippen LogP contribution in [-0.4, -0.2) is 83.5 Å². The molecule has 6 heterocycles. The maximum absolute atomic E-state index is 14.5. The topological polar surface area (TPSA) is 113 Å². The Bertz CT molecular complexity index is 1570. The molecule has 1 aliphatic carbocycles. The summed E-state index contributed by atoms with van der Waals surface area (Å²) in [5.74, 6) is 1.10. The molecule has 10 nitrogen and oxygen atoms in total. The summed E-state index contributed by atoms with van der Waals surface area (Å²) in [7, 11) is 2.05. The van der Waals surface area contributed by atoms with Gasteiger partial charge in [-0.2, -0.15) is 15.2 Å². The monoisotopic (exact) mass is 601 g/mol. The van der Waals surface area contributed by atoms with E-state index in [0.717, 1.165) is 67.0 Å². The third kappa shape index (κ3) is 4.25. The molecule has 8 rings (SSSR count). The number of hydrogen-bond acceptors (Lipinski definition) is 10. The second-order valence-corrected chi connectivity index (χ2v) is 14.0. The van der Waals surface area contributed by atoms with Crippen LogP contribution in [0.25, 0.3) is 0 Å². The van der Waals surface area contributed by atoms with E-state index >= 15 is 0 Å². The zero-order valence-corrected chi connectivity index (χ0v) is 25.5. The smallest absolute Gasteiger partial charge is 0.318 e. The Labute approximate surface area is 257 Å². The molecule has 3 fully saturated rings. The molecule has 6 aliphatic rings. The number of nitriles is 1. The molecule has 5 aliphatic heterocycles. The van der Waals surface area contributed by atoms with Gasteiger partial charge in [-0.05, 0) is 49.8 Å². The number of aromatic nitrogens is 2. The van der Waals surface area contributed by atoms with Crippen LogP contribution in [0.5, 0.6) is 6.01 Å². The summed E-state index contributed by atoms with van der Waals surface area (Å²) in [5, 5.41) is 10.2. The van der Waals surface area contributed by atoms with Crippen molar-refractivity contribution in [1.29, 1.82) is 5.26 Å². The fraction of sp³-hybridized carbons (Fsp3) is 0.606. The fourth-order valence-corrected chi connectivity index (χ4v) is 8.80. The molecular formula is C33H40FN7O3. The largest absolute Gasteiger partial charge is 0.488 e. The molecule has 2 aromatic rings. The summed E-state index contributed by atoms with van der Waals surface area (Å²) < 4.78 is 33.8. The van der Waals surface area contributed by atoms with Crippen molar-refractivity contribution in [2.75, 3.05) is 57.0 Å². The van der Waals surface area contributed by atoms with E-state index in [1.807, 2.05) is 12.3 Å². The van der Waals surface area contributed by atoms with Crippen LogP contribution >= 0.6 is 0 Å². The molecule has 11 heteroatoms. The normalized spacial score (nSPS) is 31.7. The molecule has 3 saturated heterocycles. The molecule has 0 bridgehead atoms. The minimum Gasteiger partial charge on any atom is -0.488 e. The number of hydrogen-bond donors (Lipinski definition) is 1. The third-order valence-electron chi connectivity index (χ3n) is 11.0. The van der Waals surface area contributed by atoms with Crippen LogP contribution in [0.2, 0.25) is 0 Å². The Hall–Kier alpha value is -3.62. The van der Waals surface area contributed by atoms with Gasteiger partial charge in [0.15, 0.2) is 5.60 Å². The number of anilines is 2. The van der Waals surface area contributed by atoms with E-state index in [4.69, 9.17) is 29.9 Å². The van der Waals surface area contributed by atoms with E-state index in [9.17, 15) is 9.65 Å². The molecule has 2 N–H and O–H groups in total.